The molecule has 20 heavy (non-hydrogen) atoms. The molecule has 0 unspecified atom stereocenters. The number of hydrogen-bond donors (Lipinski definition) is 2. The molecule has 0 radical (unpaired) electrons. The molecule has 0 bridgehead atoms. The van der Waals surface area contributed by atoms with E-state index in [1.807, 2.05) is 0 Å². The second-order valence-electron chi connectivity index (χ2n) is 5.05. The van der Waals surface area contributed by atoms with Crippen molar-refractivity contribution >= 4 is 22.9 Å². The Balaban J connectivity index is 2.39. The van der Waals surface area contributed by atoms with E-state index in [1.165, 1.54) is 18.7 Å². The highest BCUT2D eigenvalue weighted by atomic mass is 16.4. The fraction of sp³-hybridized carbons (Fsp3) is 0.357. The smallest absolute Gasteiger partial charge is 0.329 e. The number of carbonyl (C=O) groups is 2. The van der Waals surface area contributed by atoms with Crippen molar-refractivity contribution in [3.63, 3.8) is 0 Å². The maximum absolute atomic E-state index is 12.5. The molecule has 2 N–H and O–H groups in total. The second kappa shape index (κ2) is 4.96. The van der Waals surface area contributed by atoms with Crippen LogP contribution in [0.4, 0.5) is 0 Å². The molecule has 2 aromatic rings. The van der Waals surface area contributed by atoms with E-state index in [2.05, 4.69) is 9.97 Å². The summed E-state index contributed by atoms with van der Waals surface area (Å²) in [4.78, 5) is 32.2. The molecular formula is C14H17N3O3. The third-order valence-corrected chi connectivity index (χ3v) is 3.43. The average molecular weight is 275 g/mol. The Morgan fingerprint density at radius 2 is 2.10 bits per heavy atom. The lowest BCUT2D eigenvalue weighted by Gasteiger charge is -2.34. The Kier molecular flexibility index (Phi) is 3.48. The summed E-state index contributed by atoms with van der Waals surface area (Å²) in [5.41, 5.74) is 0.703. The quantitative estimate of drug-likeness (QED) is 0.892. The van der Waals surface area contributed by atoms with Crippen molar-refractivity contribution in [2.75, 3.05) is 6.54 Å². The lowest BCUT2D eigenvalue weighted by atomic mass is 10.0. The summed E-state index contributed by atoms with van der Waals surface area (Å²) in [5.74, 6) is -1.34. The number of hydrogen-bond acceptors (Lipinski definition) is 3. The summed E-state index contributed by atoms with van der Waals surface area (Å²) in [6.45, 7) is 5.12. The molecule has 0 saturated heterocycles. The lowest BCUT2D eigenvalue weighted by molar-refractivity contribution is -0.147. The van der Waals surface area contributed by atoms with Crippen molar-refractivity contribution in [3.05, 3.63) is 30.1 Å². The maximum atomic E-state index is 12.5. The molecule has 0 aliphatic carbocycles. The van der Waals surface area contributed by atoms with E-state index in [1.54, 1.807) is 31.5 Å². The van der Waals surface area contributed by atoms with Crippen LogP contribution < -0.4 is 0 Å². The third kappa shape index (κ3) is 2.24. The zero-order valence-corrected chi connectivity index (χ0v) is 11.7. The van der Waals surface area contributed by atoms with Gasteiger partial charge < -0.3 is 15.0 Å². The first-order valence-corrected chi connectivity index (χ1v) is 6.36. The highest BCUT2D eigenvalue weighted by Crippen LogP contribution is 2.20. The summed E-state index contributed by atoms with van der Waals surface area (Å²) in [5, 5.41) is 9.27. The molecule has 0 atom stereocenters. The molecule has 0 aliphatic rings. The van der Waals surface area contributed by atoms with Gasteiger partial charge in [0.15, 0.2) is 0 Å². The SMILES string of the molecule is CCN(C(=O)c1ccc2nc[nH]c2c1)C(C)(C)C(=O)O. The molecule has 0 aliphatic heterocycles. The van der Waals surface area contributed by atoms with Crippen molar-refractivity contribution in [1.82, 2.24) is 14.9 Å². The van der Waals surface area contributed by atoms with E-state index in [0.29, 0.717) is 12.1 Å². The van der Waals surface area contributed by atoms with Gasteiger partial charge >= 0.3 is 5.97 Å². The first-order valence-electron chi connectivity index (χ1n) is 6.36. The molecule has 0 fully saturated rings. The minimum atomic E-state index is -1.26. The summed E-state index contributed by atoms with van der Waals surface area (Å²) in [6.07, 6.45) is 1.55. The predicted molar refractivity (Wildman–Crippen MR) is 74.5 cm³/mol. The first kappa shape index (κ1) is 14.0. The Morgan fingerprint density at radius 1 is 1.40 bits per heavy atom. The molecule has 106 valence electrons. The number of carboxylic acids is 1. The number of nitrogens with one attached hydrogen (secondary N) is 1. The van der Waals surface area contributed by atoms with Crippen molar-refractivity contribution in [2.45, 2.75) is 26.3 Å². The number of aromatic nitrogens is 2. The fourth-order valence-electron chi connectivity index (χ4n) is 2.13. The van der Waals surface area contributed by atoms with Crippen LogP contribution in [0.1, 0.15) is 31.1 Å². The molecule has 0 saturated carbocycles. The van der Waals surface area contributed by atoms with Crippen LogP contribution in [-0.2, 0) is 4.79 Å². The van der Waals surface area contributed by atoms with Crippen LogP contribution in [0.5, 0.6) is 0 Å². The Hall–Kier alpha value is -2.37. The number of rotatable bonds is 4. The van der Waals surface area contributed by atoms with Crippen LogP contribution >= 0.6 is 0 Å². The van der Waals surface area contributed by atoms with Gasteiger partial charge in [-0.25, -0.2) is 9.78 Å². The third-order valence-electron chi connectivity index (χ3n) is 3.43. The van der Waals surface area contributed by atoms with Gasteiger partial charge in [-0.05, 0) is 39.0 Å². The van der Waals surface area contributed by atoms with Gasteiger partial charge in [0.25, 0.3) is 5.91 Å². The molecule has 1 heterocycles. The number of amides is 1. The van der Waals surface area contributed by atoms with E-state index in [0.717, 1.165) is 11.0 Å². The van der Waals surface area contributed by atoms with Crippen LogP contribution in [0, 0.1) is 0 Å². The van der Waals surface area contributed by atoms with Crippen LogP contribution in [-0.4, -0.2) is 43.9 Å². The summed E-state index contributed by atoms with van der Waals surface area (Å²) in [7, 11) is 0. The van der Waals surface area contributed by atoms with Crippen LogP contribution in [0.25, 0.3) is 11.0 Å². The van der Waals surface area contributed by atoms with E-state index < -0.39 is 11.5 Å². The lowest BCUT2D eigenvalue weighted by Crippen LogP contribution is -2.52. The molecule has 6 heteroatoms. The maximum Gasteiger partial charge on any atom is 0.329 e. The number of benzene rings is 1. The van der Waals surface area contributed by atoms with Crippen LogP contribution in [0.3, 0.4) is 0 Å². The van der Waals surface area contributed by atoms with Crippen molar-refractivity contribution in [1.29, 1.82) is 0 Å². The predicted octanol–water partition coefficient (Wildman–Crippen LogP) is 1.89. The van der Waals surface area contributed by atoms with Gasteiger partial charge in [-0.3, -0.25) is 4.79 Å². The standard InChI is InChI=1S/C14H17N3O3/c1-4-17(14(2,3)13(19)20)12(18)9-5-6-10-11(7-9)16-8-15-10/h5-8H,4H2,1-3H3,(H,15,16)(H,19,20). The van der Waals surface area contributed by atoms with E-state index >= 15 is 0 Å². The van der Waals surface area contributed by atoms with Gasteiger partial charge in [-0.15, -0.1) is 0 Å². The molecule has 1 amide bonds. The Bertz CT molecular complexity index is 660. The highest BCUT2D eigenvalue weighted by Gasteiger charge is 2.37. The average Bonchev–Trinajstić information content (AvgIpc) is 2.85. The summed E-state index contributed by atoms with van der Waals surface area (Å²) in [6, 6.07) is 5.08. The van der Waals surface area contributed by atoms with Crippen molar-refractivity contribution in [2.24, 2.45) is 0 Å². The van der Waals surface area contributed by atoms with E-state index in [-0.39, 0.29) is 5.91 Å². The van der Waals surface area contributed by atoms with Crippen LogP contribution in [0.2, 0.25) is 0 Å². The number of aliphatic carboxylic acids is 1. The van der Waals surface area contributed by atoms with E-state index in [4.69, 9.17) is 0 Å². The number of nitrogens with zero attached hydrogens (tertiary/aromatic N) is 2. The Labute approximate surface area is 116 Å². The number of imidazole rings is 1. The zero-order chi connectivity index (χ0) is 14.9. The molecule has 2 rings (SSSR count). The summed E-state index contributed by atoms with van der Waals surface area (Å²) < 4.78 is 0. The molecule has 0 spiro atoms. The molecule has 1 aromatic heterocycles. The van der Waals surface area contributed by atoms with E-state index in [9.17, 15) is 14.7 Å². The molecular weight excluding hydrogens is 258 g/mol. The van der Waals surface area contributed by atoms with Crippen LogP contribution in [0.15, 0.2) is 24.5 Å². The topological polar surface area (TPSA) is 86.3 Å². The normalized spacial score (nSPS) is 11.6. The number of fused-ring (bicyclic) bond motifs is 1. The fourth-order valence-corrected chi connectivity index (χ4v) is 2.13. The van der Waals surface area contributed by atoms with Crippen molar-refractivity contribution in [3.8, 4) is 0 Å². The zero-order valence-electron chi connectivity index (χ0n) is 11.7. The summed E-state index contributed by atoms with van der Waals surface area (Å²) >= 11 is 0. The van der Waals surface area contributed by atoms with Gasteiger partial charge in [-0.2, -0.15) is 0 Å². The van der Waals surface area contributed by atoms with Gasteiger partial charge in [0, 0.05) is 12.1 Å². The van der Waals surface area contributed by atoms with Gasteiger partial charge in [0.2, 0.25) is 0 Å². The number of carbonyl (C=O) groups excluding carboxylic acids is 1. The number of H-pyrrole nitrogens is 1. The Morgan fingerprint density at radius 3 is 2.70 bits per heavy atom. The highest BCUT2D eigenvalue weighted by molar-refractivity contribution is 5.99. The minimum absolute atomic E-state index is 0.309. The second-order valence-corrected chi connectivity index (χ2v) is 5.05. The van der Waals surface area contributed by atoms with Crippen molar-refractivity contribution < 1.29 is 14.7 Å². The number of likely N-dealkylation sites (N-methyl/N-ethyl adjacent to an activating group) is 1. The van der Waals surface area contributed by atoms with Gasteiger partial charge in [0.1, 0.15) is 5.54 Å². The number of carboxylic acid groups (broad SMARTS) is 1. The monoisotopic (exact) mass is 275 g/mol. The molecule has 1 aromatic carbocycles. The molecule has 6 nitrogen and oxygen atoms in total. The van der Waals surface area contributed by atoms with Gasteiger partial charge in [0.05, 0.1) is 17.4 Å². The first-order chi connectivity index (χ1) is 9.37. The minimum Gasteiger partial charge on any atom is -0.480 e. The largest absolute Gasteiger partial charge is 0.480 e. The van der Waals surface area contributed by atoms with Gasteiger partial charge in [-0.1, -0.05) is 0 Å². The number of aromatic amines is 1.